The van der Waals surface area contributed by atoms with Crippen LogP contribution in [0.25, 0.3) is 5.65 Å². The van der Waals surface area contributed by atoms with E-state index in [1.54, 1.807) is 0 Å². The second-order valence-electron chi connectivity index (χ2n) is 5.16. The highest BCUT2D eigenvalue weighted by atomic mass is 79.9. The highest BCUT2D eigenvalue weighted by Crippen LogP contribution is 2.19. The van der Waals surface area contributed by atoms with E-state index in [4.69, 9.17) is 0 Å². The molecule has 3 rings (SSSR count). The molecule has 112 valence electrons. The quantitative estimate of drug-likeness (QED) is 0.762. The third-order valence-corrected chi connectivity index (χ3v) is 3.96. The van der Waals surface area contributed by atoms with Crippen molar-refractivity contribution in [3.63, 3.8) is 0 Å². The van der Waals surface area contributed by atoms with Crippen LogP contribution in [-0.2, 0) is 6.42 Å². The van der Waals surface area contributed by atoms with Gasteiger partial charge in [-0.3, -0.25) is 9.20 Å². The van der Waals surface area contributed by atoms with E-state index in [1.807, 2.05) is 60.8 Å². The molecule has 3 aromatic rings. The molecular weight excluding hydrogens is 342 g/mol. The maximum Gasteiger partial charge on any atom is 0.274 e. The Kier molecular flexibility index (Phi) is 3.98. The number of pyridine rings is 1. The Morgan fingerprint density at radius 2 is 2.14 bits per heavy atom. The van der Waals surface area contributed by atoms with E-state index in [9.17, 15) is 4.79 Å². The zero-order valence-corrected chi connectivity index (χ0v) is 14.0. The normalized spacial score (nSPS) is 10.9. The second kappa shape index (κ2) is 5.93. The van der Waals surface area contributed by atoms with Crippen LogP contribution in [0.2, 0.25) is 0 Å². The summed E-state index contributed by atoms with van der Waals surface area (Å²) in [4.78, 5) is 17.2. The number of rotatable bonds is 3. The number of benzene rings is 1. The highest BCUT2D eigenvalue weighted by molar-refractivity contribution is 9.10. The van der Waals surface area contributed by atoms with Crippen molar-refractivity contribution in [1.82, 2.24) is 9.38 Å². The number of nitrogens with one attached hydrogen (secondary N) is 1. The summed E-state index contributed by atoms with van der Waals surface area (Å²) in [6.45, 7) is 4.01. The Morgan fingerprint density at radius 1 is 1.32 bits per heavy atom. The lowest BCUT2D eigenvalue weighted by Gasteiger charge is -2.07. The lowest BCUT2D eigenvalue weighted by atomic mass is 10.2. The number of hydrogen-bond donors (Lipinski definition) is 1. The van der Waals surface area contributed by atoms with Crippen molar-refractivity contribution in [3.05, 3.63) is 64.0 Å². The summed E-state index contributed by atoms with van der Waals surface area (Å²) in [7, 11) is 0. The summed E-state index contributed by atoms with van der Waals surface area (Å²) >= 11 is 3.41. The minimum Gasteiger partial charge on any atom is -0.321 e. The number of hydrogen-bond acceptors (Lipinski definition) is 2. The summed E-state index contributed by atoms with van der Waals surface area (Å²) in [5, 5.41) is 2.94. The number of amides is 1. The van der Waals surface area contributed by atoms with Gasteiger partial charge in [-0.25, -0.2) is 4.98 Å². The van der Waals surface area contributed by atoms with E-state index < -0.39 is 0 Å². The molecule has 0 fully saturated rings. The van der Waals surface area contributed by atoms with Gasteiger partial charge < -0.3 is 5.32 Å². The molecule has 0 aliphatic rings. The predicted molar refractivity (Wildman–Crippen MR) is 91.4 cm³/mol. The van der Waals surface area contributed by atoms with Gasteiger partial charge in [-0.2, -0.15) is 0 Å². The fraction of sp³-hybridized carbons (Fsp3) is 0.176. The van der Waals surface area contributed by atoms with Crippen molar-refractivity contribution < 1.29 is 4.79 Å². The van der Waals surface area contributed by atoms with Crippen LogP contribution in [0.1, 0.15) is 28.7 Å². The van der Waals surface area contributed by atoms with Crippen LogP contribution < -0.4 is 5.32 Å². The SMILES string of the molecule is CCc1nc2ccc(C)cn2c1C(=O)Nc1cccc(Br)c1. The Morgan fingerprint density at radius 3 is 2.86 bits per heavy atom. The topological polar surface area (TPSA) is 46.4 Å². The number of fused-ring (bicyclic) bond motifs is 1. The number of imidazole rings is 1. The number of carbonyl (C=O) groups excluding carboxylic acids is 1. The van der Waals surface area contributed by atoms with Gasteiger partial charge in [-0.15, -0.1) is 0 Å². The Hall–Kier alpha value is -2.14. The van der Waals surface area contributed by atoms with Crippen molar-refractivity contribution in [2.45, 2.75) is 20.3 Å². The van der Waals surface area contributed by atoms with Crippen LogP contribution in [0, 0.1) is 6.92 Å². The molecule has 4 nitrogen and oxygen atoms in total. The van der Waals surface area contributed by atoms with E-state index in [0.29, 0.717) is 12.1 Å². The Balaban J connectivity index is 2.04. The van der Waals surface area contributed by atoms with E-state index in [1.165, 1.54) is 0 Å². The predicted octanol–water partition coefficient (Wildman–Crippen LogP) is 4.22. The lowest BCUT2D eigenvalue weighted by Crippen LogP contribution is -2.16. The molecule has 5 heteroatoms. The smallest absolute Gasteiger partial charge is 0.274 e. The largest absolute Gasteiger partial charge is 0.321 e. The first kappa shape index (κ1) is 14.8. The summed E-state index contributed by atoms with van der Waals surface area (Å²) in [6, 6.07) is 11.5. The molecule has 22 heavy (non-hydrogen) atoms. The zero-order valence-electron chi connectivity index (χ0n) is 12.4. The van der Waals surface area contributed by atoms with Crippen molar-refractivity contribution >= 4 is 33.2 Å². The molecule has 0 unspecified atom stereocenters. The fourth-order valence-corrected chi connectivity index (χ4v) is 2.84. The standard InChI is InChI=1S/C17H16BrN3O/c1-3-14-16(21-10-11(2)7-8-15(21)20-14)17(22)19-13-6-4-5-12(18)9-13/h4-10H,3H2,1-2H3,(H,19,22). The summed E-state index contributed by atoms with van der Waals surface area (Å²) < 4.78 is 2.79. The van der Waals surface area contributed by atoms with Gasteiger partial charge in [0.15, 0.2) is 0 Å². The summed E-state index contributed by atoms with van der Waals surface area (Å²) in [6.07, 6.45) is 2.65. The molecular formula is C17H16BrN3O. The maximum atomic E-state index is 12.7. The molecule has 0 atom stereocenters. The minimum absolute atomic E-state index is 0.145. The molecule has 1 N–H and O–H groups in total. The maximum absolute atomic E-state index is 12.7. The second-order valence-corrected chi connectivity index (χ2v) is 6.08. The molecule has 2 aromatic heterocycles. The molecule has 0 aliphatic heterocycles. The van der Waals surface area contributed by atoms with Crippen LogP contribution >= 0.6 is 15.9 Å². The van der Waals surface area contributed by atoms with Crippen LogP contribution in [0.4, 0.5) is 5.69 Å². The molecule has 0 saturated carbocycles. The number of anilines is 1. The molecule has 0 aliphatic carbocycles. The van der Waals surface area contributed by atoms with Crippen LogP contribution in [-0.4, -0.2) is 15.3 Å². The zero-order chi connectivity index (χ0) is 15.7. The van der Waals surface area contributed by atoms with Crippen molar-refractivity contribution in [2.75, 3.05) is 5.32 Å². The summed E-state index contributed by atoms with van der Waals surface area (Å²) in [5.41, 5.74) is 4.04. The third-order valence-electron chi connectivity index (χ3n) is 3.47. The van der Waals surface area contributed by atoms with Gasteiger partial charge in [0.05, 0.1) is 5.69 Å². The first-order valence-corrected chi connectivity index (χ1v) is 7.92. The Labute approximate surface area is 137 Å². The average molecular weight is 358 g/mol. The van der Waals surface area contributed by atoms with Gasteiger partial charge in [0.1, 0.15) is 11.3 Å². The first-order valence-electron chi connectivity index (χ1n) is 7.13. The summed E-state index contributed by atoms with van der Waals surface area (Å²) in [5.74, 6) is -0.145. The molecule has 0 spiro atoms. The average Bonchev–Trinajstić information content (AvgIpc) is 2.85. The van der Waals surface area contributed by atoms with Crippen molar-refractivity contribution in [1.29, 1.82) is 0 Å². The molecule has 0 saturated heterocycles. The van der Waals surface area contributed by atoms with Gasteiger partial charge in [0.2, 0.25) is 0 Å². The van der Waals surface area contributed by atoms with Gasteiger partial charge in [0, 0.05) is 16.4 Å². The molecule has 2 heterocycles. The lowest BCUT2D eigenvalue weighted by molar-refractivity contribution is 0.102. The molecule has 0 radical (unpaired) electrons. The monoisotopic (exact) mass is 357 g/mol. The molecule has 1 amide bonds. The van der Waals surface area contributed by atoms with Crippen molar-refractivity contribution in [3.8, 4) is 0 Å². The van der Waals surface area contributed by atoms with Crippen LogP contribution in [0.15, 0.2) is 47.1 Å². The molecule has 1 aromatic carbocycles. The Bertz CT molecular complexity index is 854. The number of aryl methyl sites for hydroxylation is 2. The highest BCUT2D eigenvalue weighted by Gasteiger charge is 2.18. The van der Waals surface area contributed by atoms with Gasteiger partial charge >= 0.3 is 0 Å². The fourth-order valence-electron chi connectivity index (χ4n) is 2.44. The van der Waals surface area contributed by atoms with E-state index in [0.717, 1.165) is 27.1 Å². The van der Waals surface area contributed by atoms with Gasteiger partial charge in [-0.1, -0.05) is 35.0 Å². The van der Waals surface area contributed by atoms with E-state index in [-0.39, 0.29) is 5.91 Å². The van der Waals surface area contributed by atoms with Gasteiger partial charge in [-0.05, 0) is 43.2 Å². The minimum atomic E-state index is -0.145. The van der Waals surface area contributed by atoms with Gasteiger partial charge in [0.25, 0.3) is 5.91 Å². The van der Waals surface area contributed by atoms with E-state index >= 15 is 0 Å². The van der Waals surface area contributed by atoms with Crippen LogP contribution in [0.5, 0.6) is 0 Å². The number of carbonyl (C=O) groups is 1. The van der Waals surface area contributed by atoms with E-state index in [2.05, 4.69) is 26.2 Å². The van der Waals surface area contributed by atoms with Crippen molar-refractivity contribution in [2.24, 2.45) is 0 Å². The third kappa shape index (κ3) is 2.76. The first-order chi connectivity index (χ1) is 10.6. The van der Waals surface area contributed by atoms with Crippen LogP contribution in [0.3, 0.4) is 0 Å². The number of aromatic nitrogens is 2. The molecule has 0 bridgehead atoms. The number of nitrogens with zero attached hydrogens (tertiary/aromatic N) is 2. The number of halogens is 1.